The lowest BCUT2D eigenvalue weighted by Gasteiger charge is -2.12. The van der Waals surface area contributed by atoms with Crippen LogP contribution in [0.5, 0.6) is 5.75 Å². The third-order valence-corrected chi connectivity index (χ3v) is 3.72. The van der Waals surface area contributed by atoms with E-state index in [1.54, 1.807) is 0 Å². The van der Waals surface area contributed by atoms with Gasteiger partial charge >= 0.3 is 6.03 Å². The number of carbonyl (C=O) groups is 1. The van der Waals surface area contributed by atoms with Crippen LogP contribution in [0.15, 0.2) is 46.9 Å². The number of aryl methyl sites for hydroxylation is 2. The fraction of sp³-hybridized carbons (Fsp3) is 0.235. The average Bonchev–Trinajstić information content (AvgIpc) is 2.49. The molecule has 0 fully saturated rings. The molecule has 0 atom stereocenters. The summed E-state index contributed by atoms with van der Waals surface area (Å²) in [5.74, 6) is 0.778. The molecule has 0 aliphatic carbocycles. The highest BCUT2D eigenvalue weighted by Crippen LogP contribution is 2.19. The summed E-state index contributed by atoms with van der Waals surface area (Å²) in [6, 6.07) is 13.3. The van der Waals surface area contributed by atoms with E-state index in [0.29, 0.717) is 13.2 Å². The summed E-state index contributed by atoms with van der Waals surface area (Å²) in [5, 5.41) is 5.66. The van der Waals surface area contributed by atoms with Crippen LogP contribution < -0.4 is 15.4 Å². The Labute approximate surface area is 139 Å². The molecule has 22 heavy (non-hydrogen) atoms. The molecule has 0 aromatic heterocycles. The summed E-state index contributed by atoms with van der Waals surface area (Å²) in [5.41, 5.74) is 2.94. The van der Waals surface area contributed by atoms with Gasteiger partial charge in [0.1, 0.15) is 12.4 Å². The molecule has 4 nitrogen and oxygen atoms in total. The van der Waals surface area contributed by atoms with E-state index in [2.05, 4.69) is 26.6 Å². The van der Waals surface area contributed by atoms with Gasteiger partial charge in [0.25, 0.3) is 0 Å². The number of nitrogens with one attached hydrogen (secondary N) is 2. The molecule has 2 amide bonds. The number of hydrogen-bond acceptors (Lipinski definition) is 2. The molecular weight excluding hydrogens is 344 g/mol. The van der Waals surface area contributed by atoms with E-state index in [-0.39, 0.29) is 6.03 Å². The SMILES string of the molecule is Cc1cccc(C)c1NC(=O)NCCOc1ccc(Br)cc1. The minimum atomic E-state index is -0.225. The van der Waals surface area contributed by atoms with Gasteiger partial charge in [0, 0.05) is 10.2 Å². The van der Waals surface area contributed by atoms with Gasteiger partial charge in [0.15, 0.2) is 0 Å². The van der Waals surface area contributed by atoms with Crippen LogP contribution in [0.1, 0.15) is 11.1 Å². The molecule has 2 aromatic carbocycles. The predicted octanol–water partition coefficient (Wildman–Crippen LogP) is 4.27. The van der Waals surface area contributed by atoms with Gasteiger partial charge < -0.3 is 15.4 Å². The molecule has 5 heteroatoms. The van der Waals surface area contributed by atoms with Crippen LogP contribution in [0.4, 0.5) is 10.5 Å². The van der Waals surface area contributed by atoms with Crippen LogP contribution in [0, 0.1) is 13.8 Å². The van der Waals surface area contributed by atoms with Gasteiger partial charge in [-0.3, -0.25) is 0 Å². The maximum Gasteiger partial charge on any atom is 0.319 e. The summed E-state index contributed by atoms with van der Waals surface area (Å²) in [6.07, 6.45) is 0. The van der Waals surface area contributed by atoms with Crippen molar-refractivity contribution in [3.8, 4) is 5.75 Å². The second kappa shape index (κ2) is 7.84. The molecule has 0 saturated heterocycles. The number of rotatable bonds is 5. The van der Waals surface area contributed by atoms with Crippen molar-refractivity contribution in [2.24, 2.45) is 0 Å². The fourth-order valence-corrected chi connectivity index (χ4v) is 2.30. The zero-order chi connectivity index (χ0) is 15.9. The smallest absolute Gasteiger partial charge is 0.319 e. The first kappa shape index (κ1) is 16.4. The van der Waals surface area contributed by atoms with E-state index in [1.807, 2.05) is 56.3 Å². The van der Waals surface area contributed by atoms with Gasteiger partial charge in [-0.05, 0) is 49.2 Å². The number of para-hydroxylation sites is 1. The van der Waals surface area contributed by atoms with Gasteiger partial charge in [-0.2, -0.15) is 0 Å². The zero-order valence-corrected chi connectivity index (χ0v) is 14.2. The molecule has 0 radical (unpaired) electrons. The maximum absolute atomic E-state index is 11.9. The van der Waals surface area contributed by atoms with E-state index >= 15 is 0 Å². The van der Waals surface area contributed by atoms with Crippen LogP contribution >= 0.6 is 15.9 Å². The topological polar surface area (TPSA) is 50.4 Å². The standard InChI is InChI=1S/C17H19BrN2O2/c1-12-4-3-5-13(2)16(12)20-17(21)19-10-11-22-15-8-6-14(18)7-9-15/h3-9H,10-11H2,1-2H3,(H2,19,20,21). The first-order valence-electron chi connectivity index (χ1n) is 7.05. The van der Waals surface area contributed by atoms with Crippen LogP contribution in [0.3, 0.4) is 0 Å². The number of ether oxygens (including phenoxy) is 1. The normalized spacial score (nSPS) is 10.1. The maximum atomic E-state index is 11.9. The third-order valence-electron chi connectivity index (χ3n) is 3.19. The minimum absolute atomic E-state index is 0.225. The molecule has 2 rings (SSSR count). The van der Waals surface area contributed by atoms with Crippen molar-refractivity contribution < 1.29 is 9.53 Å². The lowest BCUT2D eigenvalue weighted by atomic mass is 10.1. The second-order valence-corrected chi connectivity index (χ2v) is 5.87. The molecule has 0 aliphatic rings. The van der Waals surface area contributed by atoms with Gasteiger partial charge in [0.2, 0.25) is 0 Å². The minimum Gasteiger partial charge on any atom is -0.492 e. The van der Waals surface area contributed by atoms with E-state index in [0.717, 1.165) is 27.0 Å². The van der Waals surface area contributed by atoms with Crippen molar-refractivity contribution in [1.29, 1.82) is 0 Å². The summed E-state index contributed by atoms with van der Waals surface area (Å²) < 4.78 is 6.55. The third kappa shape index (κ3) is 4.77. The number of amides is 2. The van der Waals surface area contributed by atoms with Crippen molar-refractivity contribution >= 4 is 27.6 Å². The number of anilines is 1. The van der Waals surface area contributed by atoms with Crippen molar-refractivity contribution in [2.45, 2.75) is 13.8 Å². The van der Waals surface area contributed by atoms with Crippen LogP contribution in [-0.2, 0) is 0 Å². The Morgan fingerprint density at radius 1 is 1.09 bits per heavy atom. The Hall–Kier alpha value is -2.01. The van der Waals surface area contributed by atoms with Gasteiger partial charge in [-0.25, -0.2) is 4.79 Å². The van der Waals surface area contributed by atoms with Crippen molar-refractivity contribution in [3.05, 3.63) is 58.1 Å². The van der Waals surface area contributed by atoms with Gasteiger partial charge in [-0.15, -0.1) is 0 Å². The van der Waals surface area contributed by atoms with Gasteiger partial charge in [0.05, 0.1) is 6.54 Å². The molecule has 0 saturated carbocycles. The average molecular weight is 363 g/mol. The van der Waals surface area contributed by atoms with E-state index in [4.69, 9.17) is 4.74 Å². The van der Waals surface area contributed by atoms with Crippen molar-refractivity contribution in [1.82, 2.24) is 5.32 Å². The summed E-state index contributed by atoms with van der Waals surface area (Å²) in [4.78, 5) is 11.9. The molecule has 0 unspecified atom stereocenters. The Morgan fingerprint density at radius 2 is 1.73 bits per heavy atom. The van der Waals surface area contributed by atoms with Crippen LogP contribution in [0.25, 0.3) is 0 Å². The van der Waals surface area contributed by atoms with E-state index in [1.165, 1.54) is 0 Å². The monoisotopic (exact) mass is 362 g/mol. The first-order chi connectivity index (χ1) is 10.6. The molecule has 0 heterocycles. The van der Waals surface area contributed by atoms with Crippen LogP contribution in [-0.4, -0.2) is 19.2 Å². The van der Waals surface area contributed by atoms with E-state index < -0.39 is 0 Å². The summed E-state index contributed by atoms with van der Waals surface area (Å²) >= 11 is 3.37. The fourth-order valence-electron chi connectivity index (χ4n) is 2.03. The van der Waals surface area contributed by atoms with Gasteiger partial charge in [-0.1, -0.05) is 34.1 Å². The molecule has 0 bridgehead atoms. The predicted molar refractivity (Wildman–Crippen MR) is 92.6 cm³/mol. The lowest BCUT2D eigenvalue weighted by Crippen LogP contribution is -2.32. The highest BCUT2D eigenvalue weighted by atomic mass is 79.9. The molecular formula is C17H19BrN2O2. The second-order valence-electron chi connectivity index (χ2n) is 4.95. The molecule has 0 spiro atoms. The molecule has 2 N–H and O–H groups in total. The van der Waals surface area contributed by atoms with E-state index in [9.17, 15) is 4.79 Å². The highest BCUT2D eigenvalue weighted by Gasteiger charge is 2.06. The van der Waals surface area contributed by atoms with Crippen LogP contribution in [0.2, 0.25) is 0 Å². The zero-order valence-electron chi connectivity index (χ0n) is 12.7. The number of urea groups is 1. The quantitative estimate of drug-likeness (QED) is 0.780. The number of hydrogen-bond donors (Lipinski definition) is 2. The Kier molecular flexibility index (Phi) is 5.83. The molecule has 0 aliphatic heterocycles. The largest absolute Gasteiger partial charge is 0.492 e. The van der Waals surface area contributed by atoms with Crippen molar-refractivity contribution in [3.63, 3.8) is 0 Å². The number of benzene rings is 2. The molecule has 116 valence electrons. The Bertz CT molecular complexity index is 621. The summed E-state index contributed by atoms with van der Waals surface area (Å²) in [7, 11) is 0. The molecule has 2 aromatic rings. The Morgan fingerprint density at radius 3 is 2.36 bits per heavy atom. The summed E-state index contributed by atoms with van der Waals surface area (Å²) in [6.45, 7) is 4.80. The highest BCUT2D eigenvalue weighted by molar-refractivity contribution is 9.10. The lowest BCUT2D eigenvalue weighted by molar-refractivity contribution is 0.247. The number of carbonyl (C=O) groups excluding carboxylic acids is 1. The first-order valence-corrected chi connectivity index (χ1v) is 7.85. The Balaban J connectivity index is 1.75. The number of halogens is 1. The van der Waals surface area contributed by atoms with Crippen molar-refractivity contribution in [2.75, 3.05) is 18.5 Å².